The first-order valence-electron chi connectivity index (χ1n) is 7.21. The van der Waals surface area contributed by atoms with Gasteiger partial charge in [0.1, 0.15) is 17.9 Å². The molecule has 1 rings (SSSR count). The molecule has 0 fully saturated rings. The highest BCUT2D eigenvalue weighted by atomic mass is 19.1. The summed E-state index contributed by atoms with van der Waals surface area (Å²) in [6.07, 6.45) is 0. The third kappa shape index (κ3) is 4.51. The number of carboxylic acids is 1. The first-order valence-corrected chi connectivity index (χ1v) is 7.21. The maximum atomic E-state index is 13.7. The number of nitrogens with zero attached hydrogens (tertiary/aromatic N) is 1. The quantitative estimate of drug-likeness (QED) is 0.830. The molecule has 0 aliphatic carbocycles. The van der Waals surface area contributed by atoms with E-state index in [2.05, 4.69) is 5.32 Å². The second kappa shape index (κ2) is 7.71. The number of carbonyl (C=O) groups is 3. The van der Waals surface area contributed by atoms with Gasteiger partial charge >= 0.3 is 5.97 Å². The Labute approximate surface area is 134 Å². The van der Waals surface area contributed by atoms with Crippen molar-refractivity contribution in [3.8, 4) is 0 Å². The Hall–Kier alpha value is -2.44. The lowest BCUT2D eigenvalue weighted by Crippen LogP contribution is -2.53. The number of hydrogen-bond acceptors (Lipinski definition) is 3. The third-order valence-corrected chi connectivity index (χ3v) is 3.62. The highest BCUT2D eigenvalue weighted by Gasteiger charge is 2.31. The Balaban J connectivity index is 2.95. The van der Waals surface area contributed by atoms with Gasteiger partial charge in [0.15, 0.2) is 0 Å². The molecule has 0 saturated carbocycles. The molecule has 2 amide bonds. The van der Waals surface area contributed by atoms with E-state index < -0.39 is 35.7 Å². The molecular formula is C16H21FN2O4. The van der Waals surface area contributed by atoms with Crippen molar-refractivity contribution in [3.63, 3.8) is 0 Å². The van der Waals surface area contributed by atoms with Crippen LogP contribution in [0.15, 0.2) is 24.3 Å². The predicted octanol–water partition coefficient (Wildman–Crippen LogP) is 1.51. The number of likely N-dealkylation sites (N-methyl/N-ethyl adjacent to an activating group) is 1. The Kier molecular flexibility index (Phi) is 6.24. The zero-order chi connectivity index (χ0) is 17.7. The summed E-state index contributed by atoms with van der Waals surface area (Å²) in [5.41, 5.74) is -0.167. The summed E-state index contributed by atoms with van der Waals surface area (Å²) in [5.74, 6) is -3.39. The van der Waals surface area contributed by atoms with Crippen LogP contribution in [0.25, 0.3) is 0 Å². The largest absolute Gasteiger partial charge is 0.480 e. The van der Waals surface area contributed by atoms with Gasteiger partial charge in [0.05, 0.1) is 5.56 Å². The maximum Gasteiger partial charge on any atom is 0.326 e. The van der Waals surface area contributed by atoms with Crippen molar-refractivity contribution in [2.45, 2.75) is 32.9 Å². The maximum absolute atomic E-state index is 13.7. The number of carboxylic acid groups (broad SMARTS) is 1. The number of benzene rings is 1. The summed E-state index contributed by atoms with van der Waals surface area (Å²) in [4.78, 5) is 36.7. The van der Waals surface area contributed by atoms with E-state index in [0.29, 0.717) is 0 Å². The molecule has 0 aliphatic rings. The fourth-order valence-electron chi connectivity index (χ4n) is 1.95. The van der Waals surface area contributed by atoms with Gasteiger partial charge in [0, 0.05) is 7.05 Å². The van der Waals surface area contributed by atoms with Crippen LogP contribution in [0, 0.1) is 11.7 Å². The van der Waals surface area contributed by atoms with E-state index in [0.717, 1.165) is 11.0 Å². The zero-order valence-corrected chi connectivity index (χ0v) is 13.5. The van der Waals surface area contributed by atoms with Gasteiger partial charge in [-0.05, 0) is 25.0 Å². The molecule has 1 aromatic carbocycles. The molecule has 0 aliphatic heterocycles. The van der Waals surface area contributed by atoms with Gasteiger partial charge < -0.3 is 15.3 Å². The first kappa shape index (κ1) is 18.6. The lowest BCUT2D eigenvalue weighted by Gasteiger charge is -2.29. The topological polar surface area (TPSA) is 86.7 Å². The van der Waals surface area contributed by atoms with Gasteiger partial charge in [-0.25, -0.2) is 9.18 Å². The number of halogens is 1. The number of nitrogens with one attached hydrogen (secondary N) is 1. The van der Waals surface area contributed by atoms with E-state index in [1.807, 2.05) is 0 Å². The minimum atomic E-state index is -1.15. The van der Waals surface area contributed by atoms with E-state index in [1.165, 1.54) is 32.2 Å². The molecule has 6 nitrogen and oxygen atoms in total. The molecule has 0 spiro atoms. The Morgan fingerprint density at radius 2 is 1.74 bits per heavy atom. The molecule has 1 aromatic rings. The molecular weight excluding hydrogens is 303 g/mol. The number of carbonyl (C=O) groups excluding carboxylic acids is 2. The number of rotatable bonds is 6. The molecule has 0 saturated heterocycles. The third-order valence-electron chi connectivity index (χ3n) is 3.62. The van der Waals surface area contributed by atoms with Crippen molar-refractivity contribution < 1.29 is 23.9 Å². The van der Waals surface area contributed by atoms with Gasteiger partial charge in [0.25, 0.3) is 5.91 Å². The standard InChI is InChI=1S/C16H21FN2O4/c1-9(2)13(15(21)19(4)10(3)16(22)23)18-14(20)11-7-5-6-8-12(11)17/h5-10,13H,1-4H3,(H,18,20)(H,22,23). The molecule has 2 atom stereocenters. The van der Waals surface area contributed by atoms with Crippen molar-refractivity contribution >= 4 is 17.8 Å². The first-order chi connectivity index (χ1) is 10.7. The van der Waals surface area contributed by atoms with Crippen LogP contribution >= 0.6 is 0 Å². The lowest BCUT2D eigenvalue weighted by molar-refractivity contribution is -0.149. The SMILES string of the molecule is CC(C)C(NC(=O)c1ccccc1F)C(=O)N(C)C(C)C(=O)O. The molecule has 7 heteroatoms. The number of amides is 2. The molecule has 126 valence electrons. The van der Waals surface area contributed by atoms with Gasteiger partial charge in [-0.15, -0.1) is 0 Å². The van der Waals surface area contributed by atoms with Crippen LogP contribution in [0.1, 0.15) is 31.1 Å². The van der Waals surface area contributed by atoms with Crippen molar-refractivity contribution in [1.29, 1.82) is 0 Å². The van der Waals surface area contributed by atoms with Crippen LogP contribution in [0.2, 0.25) is 0 Å². The van der Waals surface area contributed by atoms with Crippen LogP contribution in [-0.2, 0) is 9.59 Å². The zero-order valence-electron chi connectivity index (χ0n) is 13.5. The Morgan fingerprint density at radius 1 is 1.17 bits per heavy atom. The van der Waals surface area contributed by atoms with Crippen LogP contribution in [0.4, 0.5) is 4.39 Å². The molecule has 2 unspecified atom stereocenters. The van der Waals surface area contributed by atoms with Crippen molar-refractivity contribution in [3.05, 3.63) is 35.6 Å². The summed E-state index contributed by atoms with van der Waals surface area (Å²) >= 11 is 0. The molecule has 23 heavy (non-hydrogen) atoms. The Morgan fingerprint density at radius 3 is 2.22 bits per heavy atom. The summed E-state index contributed by atoms with van der Waals surface area (Å²) < 4.78 is 13.7. The summed E-state index contributed by atoms with van der Waals surface area (Å²) in [7, 11) is 1.35. The van der Waals surface area contributed by atoms with Crippen LogP contribution in [-0.4, -0.2) is 46.9 Å². The van der Waals surface area contributed by atoms with E-state index >= 15 is 0 Å². The summed E-state index contributed by atoms with van der Waals surface area (Å²) in [5, 5.41) is 11.5. The minimum absolute atomic E-state index is 0.167. The summed E-state index contributed by atoms with van der Waals surface area (Å²) in [6.45, 7) is 4.79. The van der Waals surface area contributed by atoms with Crippen molar-refractivity contribution in [1.82, 2.24) is 10.2 Å². The second-order valence-corrected chi connectivity index (χ2v) is 5.64. The average Bonchev–Trinajstić information content (AvgIpc) is 2.50. The normalized spacial score (nSPS) is 13.3. The van der Waals surface area contributed by atoms with Gasteiger partial charge in [-0.1, -0.05) is 26.0 Å². The number of aliphatic carboxylic acids is 1. The van der Waals surface area contributed by atoms with Crippen molar-refractivity contribution in [2.24, 2.45) is 5.92 Å². The fraction of sp³-hybridized carbons (Fsp3) is 0.438. The highest BCUT2D eigenvalue weighted by Crippen LogP contribution is 2.11. The molecule has 0 radical (unpaired) electrons. The molecule has 0 heterocycles. The second-order valence-electron chi connectivity index (χ2n) is 5.64. The predicted molar refractivity (Wildman–Crippen MR) is 82.4 cm³/mol. The molecule has 0 aromatic heterocycles. The van der Waals surface area contributed by atoms with Gasteiger partial charge in [-0.2, -0.15) is 0 Å². The average molecular weight is 324 g/mol. The van der Waals surface area contributed by atoms with E-state index in [-0.39, 0.29) is 11.5 Å². The van der Waals surface area contributed by atoms with Gasteiger partial charge in [-0.3, -0.25) is 9.59 Å². The highest BCUT2D eigenvalue weighted by molar-refractivity contribution is 5.98. The Bertz CT molecular complexity index is 603. The van der Waals surface area contributed by atoms with Crippen LogP contribution in [0.5, 0.6) is 0 Å². The molecule has 0 bridgehead atoms. The lowest BCUT2D eigenvalue weighted by atomic mass is 10.0. The smallest absolute Gasteiger partial charge is 0.326 e. The minimum Gasteiger partial charge on any atom is -0.480 e. The van der Waals surface area contributed by atoms with E-state index in [4.69, 9.17) is 5.11 Å². The van der Waals surface area contributed by atoms with Crippen LogP contribution < -0.4 is 5.32 Å². The van der Waals surface area contributed by atoms with E-state index in [9.17, 15) is 18.8 Å². The van der Waals surface area contributed by atoms with E-state index in [1.54, 1.807) is 13.8 Å². The fourth-order valence-corrected chi connectivity index (χ4v) is 1.95. The van der Waals surface area contributed by atoms with Gasteiger partial charge in [0.2, 0.25) is 5.91 Å². The summed E-state index contributed by atoms with van der Waals surface area (Å²) in [6, 6.07) is 3.46. The number of hydrogen-bond donors (Lipinski definition) is 2. The monoisotopic (exact) mass is 324 g/mol. The van der Waals surface area contributed by atoms with Crippen molar-refractivity contribution in [2.75, 3.05) is 7.05 Å². The van der Waals surface area contributed by atoms with Crippen LogP contribution in [0.3, 0.4) is 0 Å². The molecule has 2 N–H and O–H groups in total.